The number of benzene rings is 2. The van der Waals surface area contributed by atoms with Crippen molar-refractivity contribution in [2.24, 2.45) is 5.92 Å². The molecule has 0 spiro atoms. The summed E-state index contributed by atoms with van der Waals surface area (Å²) in [5, 5.41) is 10.6. The van der Waals surface area contributed by atoms with Crippen LogP contribution in [0.4, 0.5) is 0 Å². The van der Waals surface area contributed by atoms with Crippen LogP contribution in [0.1, 0.15) is 35.6 Å². The first-order valence-corrected chi connectivity index (χ1v) is 9.49. The molecule has 0 radical (unpaired) electrons. The zero-order valence-corrected chi connectivity index (χ0v) is 14.7. The molecule has 1 N–H and O–H groups in total. The fourth-order valence-corrected chi connectivity index (χ4v) is 4.10. The molecule has 2 aliphatic rings. The van der Waals surface area contributed by atoms with Gasteiger partial charge in [-0.3, -0.25) is 0 Å². The number of hydrogen-bond acceptors (Lipinski definition) is 3. The molecule has 2 aromatic carbocycles. The van der Waals surface area contributed by atoms with E-state index in [2.05, 4.69) is 23.1 Å². The zero-order chi connectivity index (χ0) is 17.1. The fourth-order valence-electron chi connectivity index (χ4n) is 4.10. The molecule has 0 saturated carbocycles. The maximum absolute atomic E-state index is 10.6. The van der Waals surface area contributed by atoms with Crippen LogP contribution in [-0.2, 0) is 12.8 Å². The van der Waals surface area contributed by atoms with Crippen molar-refractivity contribution in [2.75, 3.05) is 26.2 Å². The van der Waals surface area contributed by atoms with Gasteiger partial charge in [-0.15, -0.1) is 0 Å². The average molecular weight is 337 g/mol. The highest BCUT2D eigenvalue weighted by Gasteiger charge is 2.26. The highest BCUT2D eigenvalue weighted by Crippen LogP contribution is 2.31. The Hall–Kier alpha value is -1.84. The number of nitrogens with zero attached hydrogens (tertiary/aromatic N) is 1. The smallest absolute Gasteiger partial charge is 0.122 e. The van der Waals surface area contributed by atoms with Crippen LogP contribution in [0, 0.1) is 5.92 Å². The summed E-state index contributed by atoms with van der Waals surface area (Å²) < 4.78 is 5.58. The van der Waals surface area contributed by atoms with E-state index >= 15 is 0 Å². The van der Waals surface area contributed by atoms with E-state index in [1.54, 1.807) is 0 Å². The van der Waals surface area contributed by atoms with Gasteiger partial charge >= 0.3 is 0 Å². The standard InChI is InChI=1S/C22H27NO2/c24-22(18-4-2-1-3-5-18)19-9-13-23(14-10-19)12-8-17-6-7-21-20(16-17)11-15-25-21/h1-7,16,19,22,24H,8-15H2. The maximum Gasteiger partial charge on any atom is 0.122 e. The fraction of sp³-hybridized carbons (Fsp3) is 0.455. The van der Waals surface area contributed by atoms with Crippen LogP contribution in [0.2, 0.25) is 0 Å². The predicted octanol–water partition coefficient (Wildman–Crippen LogP) is 3.61. The Labute approximate surface area is 150 Å². The van der Waals surface area contributed by atoms with Crippen molar-refractivity contribution in [1.29, 1.82) is 0 Å². The van der Waals surface area contributed by atoms with Gasteiger partial charge in [0.25, 0.3) is 0 Å². The summed E-state index contributed by atoms with van der Waals surface area (Å²) in [6, 6.07) is 16.7. The Kier molecular flexibility index (Phi) is 5.04. The molecule has 2 heterocycles. The van der Waals surface area contributed by atoms with Gasteiger partial charge < -0.3 is 14.7 Å². The Morgan fingerprint density at radius 1 is 1.08 bits per heavy atom. The van der Waals surface area contributed by atoms with Crippen LogP contribution < -0.4 is 4.74 Å². The van der Waals surface area contributed by atoms with Crippen molar-refractivity contribution in [3.8, 4) is 5.75 Å². The third-order valence-electron chi connectivity index (χ3n) is 5.69. The molecule has 25 heavy (non-hydrogen) atoms. The van der Waals surface area contributed by atoms with E-state index in [4.69, 9.17) is 4.74 Å². The molecule has 0 bridgehead atoms. The highest BCUT2D eigenvalue weighted by molar-refractivity contribution is 5.39. The molecular weight excluding hydrogens is 310 g/mol. The molecule has 4 rings (SSSR count). The first kappa shape index (κ1) is 16.6. The number of aliphatic hydroxyl groups excluding tert-OH is 1. The quantitative estimate of drug-likeness (QED) is 0.905. The van der Waals surface area contributed by atoms with Gasteiger partial charge in [-0.25, -0.2) is 0 Å². The minimum atomic E-state index is -0.319. The van der Waals surface area contributed by atoms with Crippen molar-refractivity contribution >= 4 is 0 Å². The Bertz CT molecular complexity index is 692. The minimum absolute atomic E-state index is 0.319. The Morgan fingerprint density at radius 3 is 2.68 bits per heavy atom. The highest BCUT2D eigenvalue weighted by atomic mass is 16.5. The van der Waals surface area contributed by atoms with Gasteiger partial charge in [0.15, 0.2) is 0 Å². The first-order valence-electron chi connectivity index (χ1n) is 9.49. The van der Waals surface area contributed by atoms with Gasteiger partial charge in [-0.05, 0) is 61.0 Å². The Balaban J connectivity index is 1.26. The summed E-state index contributed by atoms with van der Waals surface area (Å²) in [5.41, 5.74) is 3.83. The number of likely N-dealkylation sites (tertiary alicyclic amines) is 1. The summed E-state index contributed by atoms with van der Waals surface area (Å²) in [5.74, 6) is 1.45. The minimum Gasteiger partial charge on any atom is -0.493 e. The first-order chi connectivity index (χ1) is 12.3. The molecule has 1 atom stereocenters. The lowest BCUT2D eigenvalue weighted by atomic mass is 9.87. The molecule has 1 fully saturated rings. The van der Waals surface area contributed by atoms with Gasteiger partial charge in [0, 0.05) is 13.0 Å². The van der Waals surface area contributed by atoms with E-state index in [1.807, 2.05) is 30.3 Å². The number of piperidine rings is 1. The third-order valence-corrected chi connectivity index (χ3v) is 5.69. The summed E-state index contributed by atoms with van der Waals surface area (Å²) in [7, 11) is 0. The number of hydrogen-bond donors (Lipinski definition) is 1. The van der Waals surface area contributed by atoms with Crippen LogP contribution in [-0.4, -0.2) is 36.2 Å². The van der Waals surface area contributed by atoms with E-state index in [9.17, 15) is 5.11 Å². The van der Waals surface area contributed by atoms with Crippen molar-refractivity contribution < 1.29 is 9.84 Å². The van der Waals surface area contributed by atoms with E-state index < -0.39 is 0 Å². The molecule has 3 nitrogen and oxygen atoms in total. The SMILES string of the molecule is OC(c1ccccc1)C1CCN(CCc2ccc3c(c2)CCO3)CC1. The van der Waals surface area contributed by atoms with Crippen molar-refractivity contribution in [1.82, 2.24) is 4.90 Å². The molecule has 0 amide bonds. The number of aliphatic hydroxyl groups is 1. The molecule has 132 valence electrons. The maximum atomic E-state index is 10.6. The molecule has 0 aliphatic carbocycles. The summed E-state index contributed by atoms with van der Waals surface area (Å²) >= 11 is 0. The molecule has 1 unspecified atom stereocenters. The second-order valence-corrected chi connectivity index (χ2v) is 7.33. The van der Waals surface area contributed by atoms with Crippen molar-refractivity contribution in [3.63, 3.8) is 0 Å². The molecule has 3 heteroatoms. The molecule has 1 saturated heterocycles. The van der Waals surface area contributed by atoms with Gasteiger partial charge in [0.2, 0.25) is 0 Å². The summed E-state index contributed by atoms with van der Waals surface area (Å²) in [6.45, 7) is 4.11. The van der Waals surface area contributed by atoms with Crippen molar-refractivity contribution in [3.05, 3.63) is 65.2 Å². The predicted molar refractivity (Wildman–Crippen MR) is 99.9 cm³/mol. The Morgan fingerprint density at radius 2 is 1.88 bits per heavy atom. The molecule has 2 aliphatic heterocycles. The lowest BCUT2D eigenvalue weighted by molar-refractivity contribution is 0.0592. The normalized spacial score (nSPS) is 19.4. The lowest BCUT2D eigenvalue weighted by Crippen LogP contribution is -2.36. The second-order valence-electron chi connectivity index (χ2n) is 7.33. The van der Waals surface area contributed by atoms with Crippen LogP contribution in [0.5, 0.6) is 5.75 Å². The van der Waals surface area contributed by atoms with Gasteiger partial charge in [0.05, 0.1) is 12.7 Å². The third kappa shape index (κ3) is 3.88. The summed E-state index contributed by atoms with van der Waals surface area (Å²) in [4.78, 5) is 2.54. The van der Waals surface area contributed by atoms with E-state index in [1.165, 1.54) is 11.1 Å². The molecule has 0 aromatic heterocycles. The van der Waals surface area contributed by atoms with Gasteiger partial charge in [-0.1, -0.05) is 42.5 Å². The zero-order valence-electron chi connectivity index (χ0n) is 14.7. The average Bonchev–Trinajstić information content (AvgIpc) is 3.15. The van der Waals surface area contributed by atoms with E-state index in [0.717, 1.165) is 63.2 Å². The van der Waals surface area contributed by atoms with Gasteiger partial charge in [0.1, 0.15) is 5.75 Å². The van der Waals surface area contributed by atoms with E-state index in [-0.39, 0.29) is 6.10 Å². The van der Waals surface area contributed by atoms with Crippen LogP contribution in [0.15, 0.2) is 48.5 Å². The second kappa shape index (κ2) is 7.59. The number of rotatable bonds is 5. The lowest BCUT2D eigenvalue weighted by Gasteiger charge is -2.34. The van der Waals surface area contributed by atoms with Gasteiger partial charge in [-0.2, -0.15) is 0 Å². The monoisotopic (exact) mass is 337 g/mol. The van der Waals surface area contributed by atoms with E-state index in [0.29, 0.717) is 5.92 Å². The summed E-state index contributed by atoms with van der Waals surface area (Å²) in [6.07, 6.45) is 3.98. The van der Waals surface area contributed by atoms with Crippen LogP contribution in [0.25, 0.3) is 0 Å². The molecular formula is C22H27NO2. The van der Waals surface area contributed by atoms with Crippen molar-refractivity contribution in [2.45, 2.75) is 31.8 Å². The number of fused-ring (bicyclic) bond motifs is 1. The topological polar surface area (TPSA) is 32.7 Å². The molecule has 2 aromatic rings. The largest absolute Gasteiger partial charge is 0.493 e. The van der Waals surface area contributed by atoms with Crippen LogP contribution in [0.3, 0.4) is 0 Å². The number of ether oxygens (including phenoxy) is 1. The van der Waals surface area contributed by atoms with Crippen LogP contribution >= 0.6 is 0 Å².